The third kappa shape index (κ3) is 4.42. The number of halogens is 2. The molecule has 1 aromatic carbocycles. The molecule has 1 aliphatic heterocycles. The molecule has 25 heavy (non-hydrogen) atoms. The van der Waals surface area contributed by atoms with Gasteiger partial charge in [0, 0.05) is 50.2 Å². The van der Waals surface area contributed by atoms with E-state index in [0.29, 0.717) is 18.5 Å². The van der Waals surface area contributed by atoms with E-state index in [1.165, 1.54) is 0 Å². The molecule has 7 heteroatoms. The average Bonchev–Trinajstić information content (AvgIpc) is 3.04. The van der Waals surface area contributed by atoms with Gasteiger partial charge in [0.1, 0.15) is 5.75 Å². The minimum absolute atomic E-state index is 0.247. The Morgan fingerprint density at radius 1 is 1.32 bits per heavy atom. The quantitative estimate of drug-likeness (QED) is 0.802. The summed E-state index contributed by atoms with van der Waals surface area (Å²) in [4.78, 5) is 13.1. The molecule has 1 aliphatic rings. The highest BCUT2D eigenvalue weighted by Crippen LogP contribution is 2.25. The van der Waals surface area contributed by atoms with Gasteiger partial charge in [-0.3, -0.25) is 4.90 Å². The smallest absolute Gasteiger partial charge is 0.387 e. The summed E-state index contributed by atoms with van der Waals surface area (Å²) < 4.78 is 29.7. The van der Waals surface area contributed by atoms with Crippen molar-refractivity contribution in [2.24, 2.45) is 0 Å². The fraction of sp³-hybridized carbons (Fsp3) is 0.444. The number of para-hydroxylation sites is 1. The molecule has 0 amide bonds. The largest absolute Gasteiger partial charge is 0.434 e. The van der Waals surface area contributed by atoms with E-state index in [2.05, 4.69) is 24.5 Å². The molecule has 5 nitrogen and oxygen atoms in total. The minimum Gasteiger partial charge on any atom is -0.434 e. The Labute approximate surface area is 146 Å². The van der Waals surface area contributed by atoms with E-state index in [0.717, 1.165) is 30.8 Å². The van der Waals surface area contributed by atoms with Crippen molar-refractivity contribution in [3.63, 3.8) is 0 Å². The van der Waals surface area contributed by atoms with Gasteiger partial charge in [-0.25, -0.2) is 9.97 Å². The van der Waals surface area contributed by atoms with Crippen LogP contribution in [0.15, 0.2) is 36.5 Å². The molecule has 1 aromatic heterocycles. The normalized spacial score (nSPS) is 17.9. The second-order valence-electron chi connectivity index (χ2n) is 6.27. The Morgan fingerprint density at radius 3 is 2.88 bits per heavy atom. The second-order valence-corrected chi connectivity index (χ2v) is 6.27. The van der Waals surface area contributed by atoms with Crippen LogP contribution in [0.2, 0.25) is 0 Å². The van der Waals surface area contributed by atoms with Gasteiger partial charge in [0.25, 0.3) is 0 Å². The lowest BCUT2D eigenvalue weighted by Gasteiger charge is -2.25. The van der Waals surface area contributed by atoms with Crippen LogP contribution in [0.4, 0.5) is 14.7 Å². The molecule has 1 atom stereocenters. The van der Waals surface area contributed by atoms with Gasteiger partial charge >= 0.3 is 6.61 Å². The summed E-state index contributed by atoms with van der Waals surface area (Å²) in [7, 11) is 2.00. The molecule has 134 valence electrons. The highest BCUT2D eigenvalue weighted by molar-refractivity contribution is 5.34. The van der Waals surface area contributed by atoms with Crippen molar-refractivity contribution in [1.29, 1.82) is 0 Å². The maximum absolute atomic E-state index is 12.5. The number of likely N-dealkylation sites (tertiary alicyclic amines) is 1. The number of nitrogens with zero attached hydrogens (tertiary/aromatic N) is 4. The number of rotatable bonds is 6. The van der Waals surface area contributed by atoms with Crippen molar-refractivity contribution in [3.05, 3.63) is 47.8 Å². The monoisotopic (exact) mass is 348 g/mol. The van der Waals surface area contributed by atoms with Gasteiger partial charge < -0.3 is 9.64 Å². The van der Waals surface area contributed by atoms with Crippen LogP contribution in [0.5, 0.6) is 5.75 Å². The standard InChI is InChI=1S/C18H22F2N4O/c1-13-7-9-21-18(22-13)23(2)15-8-10-24(12-15)11-14-5-3-4-6-16(14)25-17(19)20/h3-7,9,15,17H,8,10-12H2,1-2H3. The lowest BCUT2D eigenvalue weighted by atomic mass is 10.2. The first-order valence-corrected chi connectivity index (χ1v) is 8.30. The number of anilines is 1. The number of alkyl halides is 2. The molecule has 0 saturated carbocycles. The molecule has 3 rings (SSSR count). The molecule has 1 fully saturated rings. The van der Waals surface area contributed by atoms with Gasteiger partial charge in [-0.1, -0.05) is 18.2 Å². The van der Waals surface area contributed by atoms with E-state index in [4.69, 9.17) is 0 Å². The number of hydrogen-bond acceptors (Lipinski definition) is 5. The van der Waals surface area contributed by atoms with E-state index >= 15 is 0 Å². The highest BCUT2D eigenvalue weighted by Gasteiger charge is 2.27. The molecular formula is C18H22F2N4O. The summed E-state index contributed by atoms with van der Waals surface area (Å²) in [6.45, 7) is 1.44. The second kappa shape index (κ2) is 7.74. The molecule has 1 unspecified atom stereocenters. The Hall–Kier alpha value is -2.28. The molecule has 0 bridgehead atoms. The first-order chi connectivity index (χ1) is 12.0. The summed E-state index contributed by atoms with van der Waals surface area (Å²) in [6, 6.07) is 9.13. The van der Waals surface area contributed by atoms with E-state index in [1.807, 2.05) is 32.2 Å². The van der Waals surface area contributed by atoms with Crippen molar-refractivity contribution in [2.75, 3.05) is 25.0 Å². The fourth-order valence-corrected chi connectivity index (χ4v) is 3.13. The first-order valence-electron chi connectivity index (χ1n) is 8.30. The number of benzene rings is 1. The molecule has 0 radical (unpaired) electrons. The van der Waals surface area contributed by atoms with Gasteiger partial charge in [0.05, 0.1) is 0 Å². The van der Waals surface area contributed by atoms with Crippen LogP contribution in [0, 0.1) is 6.92 Å². The summed E-state index contributed by atoms with van der Waals surface area (Å²) in [5.41, 5.74) is 1.71. The van der Waals surface area contributed by atoms with Crippen LogP contribution in [0.1, 0.15) is 17.7 Å². The lowest BCUT2D eigenvalue weighted by Crippen LogP contribution is -2.35. The van der Waals surface area contributed by atoms with E-state index in [-0.39, 0.29) is 5.75 Å². The van der Waals surface area contributed by atoms with Gasteiger partial charge in [0.15, 0.2) is 0 Å². The third-order valence-corrected chi connectivity index (χ3v) is 4.48. The van der Waals surface area contributed by atoms with Crippen LogP contribution in [-0.2, 0) is 6.54 Å². The van der Waals surface area contributed by atoms with Gasteiger partial charge in [-0.15, -0.1) is 0 Å². The Morgan fingerprint density at radius 2 is 2.12 bits per heavy atom. The maximum atomic E-state index is 12.5. The molecular weight excluding hydrogens is 326 g/mol. The van der Waals surface area contributed by atoms with Crippen molar-refractivity contribution < 1.29 is 13.5 Å². The first kappa shape index (κ1) is 17.5. The summed E-state index contributed by atoms with van der Waals surface area (Å²) >= 11 is 0. The van der Waals surface area contributed by atoms with Crippen molar-refractivity contribution in [3.8, 4) is 5.75 Å². The predicted octanol–water partition coefficient (Wildman–Crippen LogP) is 3.10. The van der Waals surface area contributed by atoms with E-state index in [9.17, 15) is 8.78 Å². The lowest BCUT2D eigenvalue weighted by molar-refractivity contribution is -0.0507. The number of hydrogen-bond donors (Lipinski definition) is 0. The van der Waals surface area contributed by atoms with E-state index in [1.54, 1.807) is 18.3 Å². The van der Waals surface area contributed by atoms with Crippen molar-refractivity contribution >= 4 is 5.95 Å². The summed E-state index contributed by atoms with van der Waals surface area (Å²) in [5.74, 6) is 0.963. The highest BCUT2D eigenvalue weighted by atomic mass is 19.3. The number of ether oxygens (including phenoxy) is 1. The van der Waals surface area contributed by atoms with Crippen LogP contribution in [0.25, 0.3) is 0 Å². The van der Waals surface area contributed by atoms with Crippen molar-refractivity contribution in [1.82, 2.24) is 14.9 Å². The van der Waals surface area contributed by atoms with Crippen LogP contribution < -0.4 is 9.64 Å². The van der Waals surface area contributed by atoms with Crippen molar-refractivity contribution in [2.45, 2.75) is 32.5 Å². The maximum Gasteiger partial charge on any atom is 0.387 e. The molecule has 0 spiro atoms. The van der Waals surface area contributed by atoms with Gasteiger partial charge in [-0.05, 0) is 25.5 Å². The van der Waals surface area contributed by atoms with Gasteiger partial charge in [-0.2, -0.15) is 8.78 Å². The molecule has 0 N–H and O–H groups in total. The molecule has 2 heterocycles. The zero-order valence-corrected chi connectivity index (χ0v) is 14.4. The molecule has 1 saturated heterocycles. The predicted molar refractivity (Wildman–Crippen MR) is 91.9 cm³/mol. The Kier molecular flexibility index (Phi) is 5.43. The number of aromatic nitrogens is 2. The number of aryl methyl sites for hydroxylation is 1. The zero-order valence-electron chi connectivity index (χ0n) is 14.4. The SMILES string of the molecule is Cc1ccnc(N(C)C2CCN(Cc3ccccc3OC(F)F)C2)n1. The summed E-state index contributed by atoms with van der Waals surface area (Å²) in [6.07, 6.45) is 2.74. The third-order valence-electron chi connectivity index (χ3n) is 4.48. The molecule has 2 aromatic rings. The molecule has 0 aliphatic carbocycles. The zero-order chi connectivity index (χ0) is 17.8. The van der Waals surface area contributed by atoms with Gasteiger partial charge in [0.2, 0.25) is 5.95 Å². The van der Waals surface area contributed by atoms with Crippen LogP contribution in [0.3, 0.4) is 0 Å². The Balaban J connectivity index is 1.64. The minimum atomic E-state index is -2.81. The summed E-state index contributed by atoms with van der Waals surface area (Å²) in [5, 5.41) is 0. The fourth-order valence-electron chi connectivity index (χ4n) is 3.13. The van der Waals surface area contributed by atoms with Crippen LogP contribution >= 0.6 is 0 Å². The average molecular weight is 348 g/mol. The number of likely N-dealkylation sites (N-methyl/N-ethyl adjacent to an activating group) is 1. The van der Waals surface area contributed by atoms with E-state index < -0.39 is 6.61 Å². The topological polar surface area (TPSA) is 41.5 Å². The van der Waals surface area contributed by atoms with Crippen LogP contribution in [-0.4, -0.2) is 47.7 Å². The Bertz CT molecular complexity index is 713.